The summed E-state index contributed by atoms with van der Waals surface area (Å²) in [5.41, 5.74) is 1.95. The molecule has 0 aliphatic carbocycles. The van der Waals surface area contributed by atoms with Gasteiger partial charge in [0.15, 0.2) is 5.65 Å². The quantitative estimate of drug-likeness (QED) is 0.701. The number of hydrogen-bond donors (Lipinski definition) is 2. The van der Waals surface area contributed by atoms with Crippen LogP contribution in [0.5, 0.6) is 0 Å². The van der Waals surface area contributed by atoms with Crippen molar-refractivity contribution in [3.63, 3.8) is 0 Å². The molecule has 0 bridgehead atoms. The highest BCUT2D eigenvalue weighted by Crippen LogP contribution is 2.18. The molecule has 0 aromatic carbocycles. The largest absolute Gasteiger partial charge is 0.364 e. The molecule has 3 heterocycles. The molecule has 8 heteroatoms. The monoisotopic (exact) mass is 386 g/mol. The van der Waals surface area contributed by atoms with Gasteiger partial charge in [-0.15, -0.1) is 0 Å². The molecule has 7 nitrogen and oxygen atoms in total. The molecule has 2 N–H and O–H groups in total. The Kier molecular flexibility index (Phi) is 4.62. The molecular weight excluding hydrogens is 372 g/mol. The maximum Gasteiger partial charge on any atom is 0.272 e. The van der Waals surface area contributed by atoms with Crippen LogP contribution in [0.3, 0.4) is 0 Å². The molecule has 3 rings (SSSR count). The Bertz CT molecular complexity index is 967. The number of aromatic amines is 1. The molecular formula is C16H15BrN6O. The second-order valence-electron chi connectivity index (χ2n) is 5.29. The predicted octanol–water partition coefficient (Wildman–Crippen LogP) is 2.62. The minimum Gasteiger partial charge on any atom is -0.364 e. The Morgan fingerprint density at radius 2 is 2.25 bits per heavy atom. The van der Waals surface area contributed by atoms with Gasteiger partial charge in [-0.1, -0.05) is 13.3 Å². The number of anilines is 1. The summed E-state index contributed by atoms with van der Waals surface area (Å²) in [6.07, 6.45) is 3.29. The van der Waals surface area contributed by atoms with Crippen molar-refractivity contribution < 1.29 is 0 Å². The second-order valence-corrected chi connectivity index (χ2v) is 6.21. The molecule has 0 aliphatic rings. The molecule has 0 aliphatic heterocycles. The molecule has 0 saturated heterocycles. The standard InChI is InChI=1S/C16H15BrN6O/c1-2-3-11-6-14(24)23-16(21-11)13(7-18)15(22-23)20-9-12-5-4-10(17)8-19-12/h4-6,8,20,22H,2-3,9H2,1H3. The molecule has 3 aromatic rings. The molecule has 3 aromatic heterocycles. The van der Waals surface area contributed by atoms with Crippen molar-refractivity contribution >= 4 is 27.4 Å². The van der Waals surface area contributed by atoms with Crippen molar-refractivity contribution in [3.05, 3.63) is 56.2 Å². The lowest BCUT2D eigenvalue weighted by Gasteiger charge is -2.03. The van der Waals surface area contributed by atoms with Crippen LogP contribution < -0.4 is 10.9 Å². The van der Waals surface area contributed by atoms with Gasteiger partial charge in [0.05, 0.1) is 12.2 Å². The number of rotatable bonds is 5. The highest BCUT2D eigenvalue weighted by Gasteiger charge is 2.15. The molecule has 0 saturated carbocycles. The number of nitrogens with zero attached hydrogens (tertiary/aromatic N) is 4. The van der Waals surface area contributed by atoms with E-state index >= 15 is 0 Å². The number of fused-ring (bicyclic) bond motifs is 1. The lowest BCUT2D eigenvalue weighted by molar-refractivity contribution is 0.838. The minimum absolute atomic E-state index is 0.227. The number of aromatic nitrogens is 4. The first-order chi connectivity index (χ1) is 11.6. The summed E-state index contributed by atoms with van der Waals surface area (Å²) in [6, 6.07) is 7.37. The number of aryl methyl sites for hydroxylation is 1. The van der Waals surface area contributed by atoms with Gasteiger partial charge in [-0.3, -0.25) is 14.9 Å². The zero-order valence-corrected chi connectivity index (χ0v) is 14.6. The maximum atomic E-state index is 12.2. The molecule has 122 valence electrons. The SMILES string of the molecule is CCCc1cc(=O)n2[nH]c(NCc3ccc(Br)cn3)c(C#N)c2n1. The topological polar surface area (TPSA) is 98.9 Å². The molecule has 0 spiro atoms. The summed E-state index contributed by atoms with van der Waals surface area (Å²) in [5, 5.41) is 15.5. The maximum absolute atomic E-state index is 12.2. The van der Waals surface area contributed by atoms with Crippen LogP contribution in [-0.2, 0) is 13.0 Å². The lowest BCUT2D eigenvalue weighted by atomic mass is 10.2. The Morgan fingerprint density at radius 1 is 1.42 bits per heavy atom. The Balaban J connectivity index is 1.96. The van der Waals surface area contributed by atoms with E-state index in [1.54, 1.807) is 6.20 Å². The summed E-state index contributed by atoms with van der Waals surface area (Å²) in [5.74, 6) is 0.459. The van der Waals surface area contributed by atoms with E-state index in [1.165, 1.54) is 10.6 Å². The molecule has 0 atom stereocenters. The summed E-state index contributed by atoms with van der Waals surface area (Å²) < 4.78 is 2.18. The summed E-state index contributed by atoms with van der Waals surface area (Å²) in [4.78, 5) is 20.9. The van der Waals surface area contributed by atoms with Gasteiger partial charge in [0.25, 0.3) is 5.56 Å². The highest BCUT2D eigenvalue weighted by atomic mass is 79.9. The van der Waals surface area contributed by atoms with Crippen LogP contribution >= 0.6 is 15.9 Å². The third-order valence-corrected chi connectivity index (χ3v) is 3.99. The second kappa shape index (κ2) is 6.84. The molecule has 0 radical (unpaired) electrons. The fourth-order valence-electron chi connectivity index (χ4n) is 2.39. The van der Waals surface area contributed by atoms with E-state index < -0.39 is 0 Å². The van der Waals surface area contributed by atoms with Gasteiger partial charge in [0.1, 0.15) is 17.5 Å². The Morgan fingerprint density at radius 3 is 2.92 bits per heavy atom. The molecule has 0 fully saturated rings. The van der Waals surface area contributed by atoms with Crippen LogP contribution in [0.15, 0.2) is 33.7 Å². The summed E-state index contributed by atoms with van der Waals surface area (Å²) >= 11 is 3.34. The van der Waals surface area contributed by atoms with E-state index in [0.29, 0.717) is 35.7 Å². The van der Waals surface area contributed by atoms with Crippen molar-refractivity contribution in [2.45, 2.75) is 26.3 Å². The van der Waals surface area contributed by atoms with Crippen molar-refractivity contribution in [3.8, 4) is 6.07 Å². The van der Waals surface area contributed by atoms with Crippen LogP contribution in [-0.4, -0.2) is 19.6 Å². The van der Waals surface area contributed by atoms with Crippen LogP contribution in [0.4, 0.5) is 5.82 Å². The number of nitrogens with one attached hydrogen (secondary N) is 2. The number of pyridine rings is 1. The fraction of sp³-hybridized carbons (Fsp3) is 0.250. The van der Waals surface area contributed by atoms with E-state index in [0.717, 1.165) is 16.6 Å². The predicted molar refractivity (Wildman–Crippen MR) is 93.8 cm³/mol. The van der Waals surface area contributed by atoms with Gasteiger partial charge in [0.2, 0.25) is 0 Å². The van der Waals surface area contributed by atoms with Gasteiger partial charge >= 0.3 is 0 Å². The fourth-order valence-corrected chi connectivity index (χ4v) is 2.63. The molecule has 0 amide bonds. The van der Waals surface area contributed by atoms with E-state index in [1.807, 2.05) is 19.1 Å². The van der Waals surface area contributed by atoms with Crippen molar-refractivity contribution in [2.24, 2.45) is 0 Å². The highest BCUT2D eigenvalue weighted by molar-refractivity contribution is 9.10. The summed E-state index contributed by atoms with van der Waals surface area (Å²) in [7, 11) is 0. The van der Waals surface area contributed by atoms with Gasteiger partial charge in [-0.2, -0.15) is 9.78 Å². The third-order valence-electron chi connectivity index (χ3n) is 3.52. The van der Waals surface area contributed by atoms with Crippen molar-refractivity contribution in [2.75, 3.05) is 5.32 Å². The van der Waals surface area contributed by atoms with E-state index in [2.05, 4.69) is 42.4 Å². The van der Waals surface area contributed by atoms with Gasteiger partial charge in [0, 0.05) is 22.4 Å². The first-order valence-electron chi connectivity index (χ1n) is 7.51. The molecule has 0 unspecified atom stereocenters. The van der Waals surface area contributed by atoms with E-state index in [-0.39, 0.29) is 5.56 Å². The first kappa shape index (κ1) is 16.2. The van der Waals surface area contributed by atoms with Crippen molar-refractivity contribution in [1.82, 2.24) is 19.6 Å². The molecule has 24 heavy (non-hydrogen) atoms. The van der Waals surface area contributed by atoms with Crippen molar-refractivity contribution in [1.29, 1.82) is 5.26 Å². The normalized spacial score (nSPS) is 10.7. The van der Waals surface area contributed by atoms with E-state index in [9.17, 15) is 10.1 Å². The van der Waals surface area contributed by atoms with Gasteiger partial charge < -0.3 is 5.32 Å². The number of hydrogen-bond acceptors (Lipinski definition) is 5. The number of halogens is 1. The smallest absolute Gasteiger partial charge is 0.272 e. The zero-order valence-electron chi connectivity index (χ0n) is 13.0. The average molecular weight is 387 g/mol. The average Bonchev–Trinajstić information content (AvgIpc) is 2.93. The van der Waals surface area contributed by atoms with E-state index in [4.69, 9.17) is 0 Å². The summed E-state index contributed by atoms with van der Waals surface area (Å²) in [6.45, 7) is 2.44. The van der Waals surface area contributed by atoms with Gasteiger partial charge in [-0.25, -0.2) is 4.98 Å². The van der Waals surface area contributed by atoms with Gasteiger partial charge in [-0.05, 0) is 34.5 Å². The number of nitriles is 1. The lowest BCUT2D eigenvalue weighted by Crippen LogP contribution is -2.15. The van der Waals surface area contributed by atoms with Crippen LogP contribution in [0.1, 0.15) is 30.3 Å². The van der Waals surface area contributed by atoms with Crippen LogP contribution in [0.2, 0.25) is 0 Å². The minimum atomic E-state index is -0.227. The first-order valence-corrected chi connectivity index (χ1v) is 8.30. The Hall–Kier alpha value is -2.66. The van der Waals surface area contributed by atoms with Crippen LogP contribution in [0.25, 0.3) is 5.65 Å². The Labute approximate surface area is 146 Å². The zero-order chi connectivity index (χ0) is 17.1. The number of H-pyrrole nitrogens is 1. The van der Waals surface area contributed by atoms with Crippen LogP contribution in [0, 0.1) is 11.3 Å². The third kappa shape index (κ3) is 3.16.